The molecular weight excluding hydrogens is 280 g/mol. The number of hydrogen-bond acceptors (Lipinski definition) is 1. The zero-order chi connectivity index (χ0) is 11.8. The number of nitrogens with zero attached hydrogens (tertiary/aromatic N) is 1. The molecule has 3 nitrogen and oxygen atoms in total. The molecule has 1 aliphatic rings. The third-order valence-electron chi connectivity index (χ3n) is 3.21. The van der Waals surface area contributed by atoms with Crippen molar-refractivity contribution in [3.63, 3.8) is 0 Å². The second-order valence-corrected chi connectivity index (χ2v) is 5.73. The van der Waals surface area contributed by atoms with Crippen molar-refractivity contribution in [3.8, 4) is 0 Å². The van der Waals surface area contributed by atoms with E-state index in [-0.39, 0.29) is 5.91 Å². The molecular formula is C13H13BrN2O. The van der Waals surface area contributed by atoms with Gasteiger partial charge in [-0.2, -0.15) is 0 Å². The van der Waals surface area contributed by atoms with Crippen LogP contribution in [0.5, 0.6) is 0 Å². The number of likely N-dealkylation sites (tertiary alicyclic amines) is 1. The van der Waals surface area contributed by atoms with Crippen LogP contribution in [0.3, 0.4) is 0 Å². The molecule has 1 aromatic carbocycles. The highest BCUT2D eigenvalue weighted by molar-refractivity contribution is 9.09. The topological polar surface area (TPSA) is 36.1 Å². The summed E-state index contributed by atoms with van der Waals surface area (Å²) in [4.78, 5) is 17.2. The van der Waals surface area contributed by atoms with Gasteiger partial charge in [0.2, 0.25) is 5.91 Å². The van der Waals surface area contributed by atoms with Gasteiger partial charge in [0.25, 0.3) is 0 Å². The van der Waals surface area contributed by atoms with Crippen LogP contribution >= 0.6 is 15.9 Å². The Kier molecular flexibility index (Phi) is 2.67. The molecule has 1 aliphatic heterocycles. The molecule has 1 N–H and O–H groups in total. The number of amides is 1. The summed E-state index contributed by atoms with van der Waals surface area (Å²) in [5, 5.41) is 1.21. The first kappa shape index (κ1) is 10.8. The SMILES string of the molecule is O=C1CC(Br)CN1Cc1cccc2[nH]ccc12. The smallest absolute Gasteiger partial charge is 0.224 e. The van der Waals surface area contributed by atoms with Gasteiger partial charge in [-0.15, -0.1) is 0 Å². The molecule has 1 fully saturated rings. The van der Waals surface area contributed by atoms with E-state index in [2.05, 4.69) is 39.1 Å². The van der Waals surface area contributed by atoms with Crippen LogP contribution in [0.25, 0.3) is 10.9 Å². The van der Waals surface area contributed by atoms with Crippen LogP contribution in [-0.2, 0) is 11.3 Å². The first-order valence-electron chi connectivity index (χ1n) is 5.71. The van der Waals surface area contributed by atoms with E-state index in [1.807, 2.05) is 17.2 Å². The van der Waals surface area contributed by atoms with Crippen LogP contribution in [0.2, 0.25) is 0 Å². The number of nitrogens with one attached hydrogen (secondary N) is 1. The van der Waals surface area contributed by atoms with Gasteiger partial charge < -0.3 is 9.88 Å². The fourth-order valence-electron chi connectivity index (χ4n) is 2.37. The van der Waals surface area contributed by atoms with Gasteiger partial charge in [-0.3, -0.25) is 4.79 Å². The van der Waals surface area contributed by atoms with E-state index in [9.17, 15) is 4.79 Å². The van der Waals surface area contributed by atoms with Crippen LogP contribution < -0.4 is 0 Å². The van der Waals surface area contributed by atoms with Crippen molar-refractivity contribution in [1.82, 2.24) is 9.88 Å². The van der Waals surface area contributed by atoms with Crippen molar-refractivity contribution >= 4 is 32.7 Å². The summed E-state index contributed by atoms with van der Waals surface area (Å²) in [6, 6.07) is 8.24. The number of fused-ring (bicyclic) bond motifs is 1. The Balaban J connectivity index is 1.90. The van der Waals surface area contributed by atoms with Gasteiger partial charge in [0.15, 0.2) is 0 Å². The van der Waals surface area contributed by atoms with Gasteiger partial charge in [0.1, 0.15) is 0 Å². The Morgan fingerprint density at radius 3 is 3.06 bits per heavy atom. The largest absolute Gasteiger partial charge is 0.361 e. The number of benzene rings is 1. The average Bonchev–Trinajstić information content (AvgIpc) is 2.87. The van der Waals surface area contributed by atoms with Gasteiger partial charge in [-0.1, -0.05) is 28.1 Å². The van der Waals surface area contributed by atoms with Crippen LogP contribution in [0.4, 0.5) is 0 Å². The lowest BCUT2D eigenvalue weighted by Gasteiger charge is -2.16. The molecule has 1 saturated heterocycles. The summed E-state index contributed by atoms with van der Waals surface area (Å²) < 4.78 is 0. The molecule has 1 aromatic heterocycles. The van der Waals surface area contributed by atoms with E-state index in [1.165, 1.54) is 10.9 Å². The van der Waals surface area contributed by atoms with Gasteiger partial charge >= 0.3 is 0 Å². The number of aromatic amines is 1. The zero-order valence-electron chi connectivity index (χ0n) is 9.32. The molecule has 3 rings (SSSR count). The number of hydrogen-bond donors (Lipinski definition) is 1. The predicted molar refractivity (Wildman–Crippen MR) is 71.0 cm³/mol. The fraction of sp³-hybridized carbons (Fsp3) is 0.308. The summed E-state index contributed by atoms with van der Waals surface area (Å²) in [5.74, 6) is 0.236. The van der Waals surface area contributed by atoms with E-state index in [4.69, 9.17) is 0 Å². The van der Waals surface area contributed by atoms with Crippen LogP contribution in [-0.4, -0.2) is 27.2 Å². The molecule has 0 aliphatic carbocycles. The van der Waals surface area contributed by atoms with E-state index in [0.717, 1.165) is 12.1 Å². The summed E-state index contributed by atoms with van der Waals surface area (Å²) in [6.45, 7) is 1.51. The number of halogens is 1. The molecule has 1 atom stereocenters. The predicted octanol–water partition coefficient (Wildman–Crippen LogP) is 2.66. The van der Waals surface area contributed by atoms with Crippen LogP contribution in [0.15, 0.2) is 30.5 Å². The minimum atomic E-state index is 0.236. The normalized spacial score (nSPS) is 20.4. The molecule has 0 saturated carbocycles. The van der Waals surface area contributed by atoms with Crippen LogP contribution in [0.1, 0.15) is 12.0 Å². The standard InChI is InChI=1S/C13H13BrN2O/c14-10-6-13(17)16(8-10)7-9-2-1-3-12-11(9)4-5-15-12/h1-5,10,15H,6-8H2. The van der Waals surface area contributed by atoms with Crippen molar-refractivity contribution in [3.05, 3.63) is 36.0 Å². The van der Waals surface area contributed by atoms with Gasteiger partial charge in [-0.05, 0) is 17.7 Å². The maximum absolute atomic E-state index is 11.8. The second kappa shape index (κ2) is 4.18. The summed E-state index contributed by atoms with van der Waals surface area (Å²) >= 11 is 3.51. The third-order valence-corrected chi connectivity index (χ3v) is 3.83. The molecule has 2 heterocycles. The van der Waals surface area contributed by atoms with Gasteiger partial charge in [0.05, 0.1) is 0 Å². The summed E-state index contributed by atoms with van der Waals surface area (Å²) in [7, 11) is 0. The quantitative estimate of drug-likeness (QED) is 0.849. The number of carbonyl (C=O) groups excluding carboxylic acids is 1. The maximum Gasteiger partial charge on any atom is 0.224 e. The maximum atomic E-state index is 11.8. The zero-order valence-corrected chi connectivity index (χ0v) is 10.9. The second-order valence-electron chi connectivity index (χ2n) is 4.43. The third kappa shape index (κ3) is 1.97. The lowest BCUT2D eigenvalue weighted by Crippen LogP contribution is -2.24. The van der Waals surface area contributed by atoms with E-state index in [0.29, 0.717) is 17.8 Å². The van der Waals surface area contributed by atoms with E-state index >= 15 is 0 Å². The fourth-order valence-corrected chi connectivity index (χ4v) is 3.00. The highest BCUT2D eigenvalue weighted by atomic mass is 79.9. The minimum absolute atomic E-state index is 0.236. The number of carbonyl (C=O) groups is 1. The molecule has 0 bridgehead atoms. The molecule has 0 radical (unpaired) electrons. The molecule has 88 valence electrons. The monoisotopic (exact) mass is 292 g/mol. The van der Waals surface area contributed by atoms with Crippen molar-refractivity contribution in [2.45, 2.75) is 17.8 Å². The Hall–Kier alpha value is -1.29. The Labute approximate surface area is 108 Å². The summed E-state index contributed by atoms with van der Waals surface area (Å²) in [5.41, 5.74) is 2.34. The number of H-pyrrole nitrogens is 1. The summed E-state index contributed by atoms with van der Waals surface area (Å²) in [6.07, 6.45) is 2.55. The van der Waals surface area contributed by atoms with Crippen LogP contribution in [0, 0.1) is 0 Å². The molecule has 4 heteroatoms. The van der Waals surface area contributed by atoms with E-state index < -0.39 is 0 Å². The lowest BCUT2D eigenvalue weighted by molar-refractivity contribution is -0.128. The highest BCUT2D eigenvalue weighted by Crippen LogP contribution is 2.23. The minimum Gasteiger partial charge on any atom is -0.361 e. The molecule has 0 spiro atoms. The van der Waals surface area contributed by atoms with Gasteiger partial charge in [-0.25, -0.2) is 0 Å². The molecule has 1 unspecified atom stereocenters. The van der Waals surface area contributed by atoms with Crippen molar-refractivity contribution in [2.75, 3.05) is 6.54 Å². The van der Waals surface area contributed by atoms with Crippen molar-refractivity contribution in [1.29, 1.82) is 0 Å². The van der Waals surface area contributed by atoms with Crippen molar-refractivity contribution < 1.29 is 4.79 Å². The Morgan fingerprint density at radius 1 is 1.41 bits per heavy atom. The molecule has 2 aromatic rings. The van der Waals surface area contributed by atoms with Crippen molar-refractivity contribution in [2.24, 2.45) is 0 Å². The average molecular weight is 293 g/mol. The number of rotatable bonds is 2. The first-order valence-corrected chi connectivity index (χ1v) is 6.62. The Bertz CT molecular complexity index is 563. The molecule has 1 amide bonds. The number of alkyl halides is 1. The number of aromatic nitrogens is 1. The van der Waals surface area contributed by atoms with Gasteiger partial charge in [0, 0.05) is 41.4 Å². The Morgan fingerprint density at radius 2 is 2.29 bits per heavy atom. The van der Waals surface area contributed by atoms with E-state index in [1.54, 1.807) is 0 Å². The first-order chi connectivity index (χ1) is 8.24. The molecule has 17 heavy (non-hydrogen) atoms. The highest BCUT2D eigenvalue weighted by Gasteiger charge is 2.27. The lowest BCUT2D eigenvalue weighted by atomic mass is 10.1.